The molecule has 0 aliphatic heterocycles. The molecule has 1 nitrogen and oxygen atoms in total. The van der Waals surface area contributed by atoms with Crippen LogP contribution in [0.1, 0.15) is 11.1 Å². The fourth-order valence-electron chi connectivity index (χ4n) is 1.82. The van der Waals surface area contributed by atoms with E-state index in [1.807, 2.05) is 66.7 Å². The van der Waals surface area contributed by atoms with Gasteiger partial charge in [0.1, 0.15) is 0 Å². The average molecular weight is 457 g/mol. The van der Waals surface area contributed by atoms with Crippen molar-refractivity contribution >= 4 is 0 Å². The zero-order valence-electron chi connectivity index (χ0n) is 12.4. The maximum atomic E-state index is 4.51. The van der Waals surface area contributed by atoms with Crippen LogP contribution in [0.3, 0.4) is 0 Å². The average Bonchev–Trinajstić information content (AvgIpc) is 2.59. The first-order valence-electron chi connectivity index (χ1n) is 7.07. The summed E-state index contributed by atoms with van der Waals surface area (Å²) in [6, 6.07) is 33.2. The molecule has 0 radical (unpaired) electrons. The maximum absolute atomic E-state index is 4.51. The number of hydrogen-bond donors (Lipinski definition) is 0. The molecule has 110 valence electrons. The van der Waals surface area contributed by atoms with Gasteiger partial charge in [-0.05, 0) is 0 Å². The SMILES string of the molecule is [W+2].[c-]1ccccc1.c1ccc(C[N-]Cc2ccccc2)cc1. The molecule has 0 aliphatic carbocycles. The van der Waals surface area contributed by atoms with Gasteiger partial charge in [-0.3, -0.25) is 0 Å². The molecule has 0 unspecified atom stereocenters. The van der Waals surface area contributed by atoms with Crippen molar-refractivity contribution in [1.82, 2.24) is 0 Å². The van der Waals surface area contributed by atoms with Crippen LogP contribution in [0.15, 0.2) is 91.0 Å². The van der Waals surface area contributed by atoms with Gasteiger partial charge in [0, 0.05) is 0 Å². The minimum absolute atomic E-state index is 0. The Hall–Kier alpha value is -1.69. The number of hydrogen-bond acceptors (Lipinski definition) is 0. The Balaban J connectivity index is 0.000000293. The third-order valence-electron chi connectivity index (χ3n) is 2.88. The van der Waals surface area contributed by atoms with E-state index in [4.69, 9.17) is 0 Å². The molecule has 0 amide bonds. The van der Waals surface area contributed by atoms with Crippen molar-refractivity contribution in [3.63, 3.8) is 0 Å². The molecule has 22 heavy (non-hydrogen) atoms. The Morgan fingerprint density at radius 3 is 1.32 bits per heavy atom. The summed E-state index contributed by atoms with van der Waals surface area (Å²) >= 11 is 0. The summed E-state index contributed by atoms with van der Waals surface area (Å²) in [5, 5.41) is 4.51. The topological polar surface area (TPSA) is 14.1 Å². The van der Waals surface area contributed by atoms with Crippen LogP contribution < -0.4 is 0 Å². The normalized spacial score (nSPS) is 9.09. The zero-order chi connectivity index (χ0) is 14.6. The minimum atomic E-state index is 0. The predicted octanol–water partition coefficient (Wildman–Crippen LogP) is 5.24. The second kappa shape index (κ2) is 11.9. The van der Waals surface area contributed by atoms with Crippen molar-refractivity contribution in [2.24, 2.45) is 0 Å². The van der Waals surface area contributed by atoms with E-state index in [-0.39, 0.29) is 21.1 Å². The van der Waals surface area contributed by atoms with Gasteiger partial charge in [0.25, 0.3) is 0 Å². The molecular formula is C20H19NW. The van der Waals surface area contributed by atoms with Crippen LogP contribution in [-0.4, -0.2) is 0 Å². The number of rotatable bonds is 4. The van der Waals surface area contributed by atoms with E-state index in [2.05, 4.69) is 35.6 Å². The maximum Gasteiger partial charge on any atom is 2.00 e. The van der Waals surface area contributed by atoms with Gasteiger partial charge in [-0.1, -0.05) is 71.8 Å². The fraction of sp³-hybridized carbons (Fsp3) is 0.100. The van der Waals surface area contributed by atoms with E-state index in [1.165, 1.54) is 11.1 Å². The minimum Gasteiger partial charge on any atom is -0.655 e. The van der Waals surface area contributed by atoms with Crippen molar-refractivity contribution in [1.29, 1.82) is 0 Å². The summed E-state index contributed by atoms with van der Waals surface area (Å²) in [4.78, 5) is 0. The quantitative estimate of drug-likeness (QED) is 0.476. The first kappa shape index (κ1) is 18.4. The van der Waals surface area contributed by atoms with E-state index >= 15 is 0 Å². The second-order valence-corrected chi connectivity index (χ2v) is 4.59. The van der Waals surface area contributed by atoms with Crippen LogP contribution in [0.2, 0.25) is 0 Å². The summed E-state index contributed by atoms with van der Waals surface area (Å²) in [7, 11) is 0. The Labute approximate surface area is 147 Å². The van der Waals surface area contributed by atoms with Crippen molar-refractivity contribution in [2.45, 2.75) is 13.1 Å². The Morgan fingerprint density at radius 2 is 1.00 bits per heavy atom. The first-order valence-corrected chi connectivity index (χ1v) is 7.07. The largest absolute Gasteiger partial charge is 2.00 e. The van der Waals surface area contributed by atoms with Crippen LogP contribution in [0.5, 0.6) is 0 Å². The second-order valence-electron chi connectivity index (χ2n) is 4.59. The van der Waals surface area contributed by atoms with Gasteiger partial charge < -0.3 is 5.32 Å². The molecule has 0 bridgehead atoms. The first-order chi connectivity index (χ1) is 10.4. The Morgan fingerprint density at radius 1 is 0.591 bits per heavy atom. The molecule has 0 fully saturated rings. The summed E-state index contributed by atoms with van der Waals surface area (Å²) in [5.74, 6) is 0. The van der Waals surface area contributed by atoms with Gasteiger partial charge in [-0.15, -0.1) is 13.1 Å². The van der Waals surface area contributed by atoms with Crippen LogP contribution in [-0.2, 0) is 34.2 Å². The molecule has 0 aromatic heterocycles. The van der Waals surface area contributed by atoms with Gasteiger partial charge in [0.2, 0.25) is 0 Å². The third-order valence-corrected chi connectivity index (χ3v) is 2.88. The molecule has 0 N–H and O–H groups in total. The molecule has 0 aliphatic rings. The zero-order valence-corrected chi connectivity index (χ0v) is 15.4. The summed E-state index contributed by atoms with van der Waals surface area (Å²) < 4.78 is 0. The number of benzene rings is 3. The van der Waals surface area contributed by atoms with Crippen molar-refractivity contribution in [2.75, 3.05) is 0 Å². The predicted molar refractivity (Wildman–Crippen MR) is 88.9 cm³/mol. The monoisotopic (exact) mass is 457 g/mol. The van der Waals surface area contributed by atoms with Gasteiger partial charge >= 0.3 is 21.1 Å². The van der Waals surface area contributed by atoms with Gasteiger partial charge in [0.15, 0.2) is 0 Å². The van der Waals surface area contributed by atoms with E-state index in [1.54, 1.807) is 0 Å². The molecule has 3 aromatic rings. The van der Waals surface area contributed by atoms with E-state index in [0.717, 1.165) is 13.1 Å². The standard InChI is InChI=1S/C14H14N.C6H5.W/c1-3-7-13(8-4-1)11-15-12-14-9-5-2-6-10-14;1-2-4-6-5-3-1;/h1-10H,11-12H2;1-5H;/q2*-1;+2. The van der Waals surface area contributed by atoms with Crippen LogP contribution in [0, 0.1) is 6.07 Å². The van der Waals surface area contributed by atoms with Crippen LogP contribution in [0.25, 0.3) is 5.32 Å². The molecule has 3 rings (SSSR count). The molecule has 0 heterocycles. The van der Waals surface area contributed by atoms with Crippen LogP contribution >= 0.6 is 0 Å². The van der Waals surface area contributed by atoms with Crippen molar-refractivity contribution in [3.8, 4) is 0 Å². The van der Waals surface area contributed by atoms with Crippen LogP contribution in [0.4, 0.5) is 0 Å². The van der Waals surface area contributed by atoms with Gasteiger partial charge in [0.05, 0.1) is 0 Å². The van der Waals surface area contributed by atoms with Crippen molar-refractivity contribution < 1.29 is 21.1 Å². The Bertz CT molecular complexity index is 516. The fourth-order valence-corrected chi connectivity index (χ4v) is 1.82. The van der Waals surface area contributed by atoms with E-state index in [9.17, 15) is 0 Å². The number of nitrogens with zero attached hydrogens (tertiary/aromatic N) is 1. The molecule has 2 heteroatoms. The van der Waals surface area contributed by atoms with E-state index < -0.39 is 0 Å². The molecule has 0 saturated carbocycles. The van der Waals surface area contributed by atoms with Gasteiger partial charge in [-0.25, -0.2) is 0 Å². The molecule has 0 saturated heterocycles. The summed E-state index contributed by atoms with van der Waals surface area (Å²) in [6.45, 7) is 1.60. The smallest absolute Gasteiger partial charge is 0.655 e. The molecule has 0 atom stereocenters. The van der Waals surface area contributed by atoms with E-state index in [0.29, 0.717) is 0 Å². The summed E-state index contributed by atoms with van der Waals surface area (Å²) in [6.07, 6.45) is 0. The molecule has 3 aromatic carbocycles. The molecule has 0 spiro atoms. The Kier molecular flexibility index (Phi) is 9.94. The third kappa shape index (κ3) is 7.92. The summed E-state index contributed by atoms with van der Waals surface area (Å²) in [5.41, 5.74) is 2.54. The molecular weight excluding hydrogens is 438 g/mol. The van der Waals surface area contributed by atoms with Crippen molar-refractivity contribution in [3.05, 3.63) is 114 Å². The van der Waals surface area contributed by atoms with Gasteiger partial charge in [-0.2, -0.15) is 36.4 Å².